The zero-order valence-electron chi connectivity index (χ0n) is 16.7. The first kappa shape index (κ1) is 18.9. The van der Waals surface area contributed by atoms with Crippen molar-refractivity contribution in [3.05, 3.63) is 60.2 Å². The number of ether oxygens (including phenoxy) is 1. The highest BCUT2D eigenvalue weighted by Crippen LogP contribution is 2.16. The average Bonchev–Trinajstić information content (AvgIpc) is 3.19. The first-order chi connectivity index (χ1) is 14.1. The molecule has 2 aromatic heterocycles. The third-order valence-corrected chi connectivity index (χ3v) is 5.05. The van der Waals surface area contributed by atoms with Crippen LogP contribution < -0.4 is 9.64 Å². The molecule has 3 aromatic rings. The van der Waals surface area contributed by atoms with Crippen molar-refractivity contribution in [2.45, 2.75) is 13.8 Å². The standard InChI is InChI=1S/C21H24N6O2/c1-16-3-5-18(6-4-16)29-15-21(28)26-13-11-25(12-14-26)19-7-8-20(24-23-19)27-10-9-22-17(27)2/h3-10H,11-15H2,1-2H3. The second-order valence-corrected chi connectivity index (χ2v) is 7.06. The number of carbonyl (C=O) groups excluding carboxylic acids is 1. The van der Waals surface area contributed by atoms with E-state index in [4.69, 9.17) is 4.74 Å². The summed E-state index contributed by atoms with van der Waals surface area (Å²) in [5.74, 6) is 3.14. The van der Waals surface area contributed by atoms with Gasteiger partial charge in [-0.15, -0.1) is 10.2 Å². The molecule has 1 aliphatic rings. The zero-order valence-corrected chi connectivity index (χ0v) is 16.7. The van der Waals surface area contributed by atoms with E-state index in [1.165, 1.54) is 0 Å². The van der Waals surface area contributed by atoms with E-state index >= 15 is 0 Å². The molecule has 0 unspecified atom stereocenters. The van der Waals surface area contributed by atoms with E-state index in [-0.39, 0.29) is 12.5 Å². The van der Waals surface area contributed by atoms with Crippen molar-refractivity contribution >= 4 is 11.7 Å². The maximum absolute atomic E-state index is 12.4. The first-order valence-electron chi connectivity index (χ1n) is 9.66. The molecule has 1 fully saturated rings. The lowest BCUT2D eigenvalue weighted by atomic mass is 10.2. The quantitative estimate of drug-likeness (QED) is 0.661. The van der Waals surface area contributed by atoms with E-state index < -0.39 is 0 Å². The molecule has 0 bridgehead atoms. The number of imidazole rings is 1. The third-order valence-electron chi connectivity index (χ3n) is 5.05. The van der Waals surface area contributed by atoms with Crippen LogP contribution in [0.3, 0.4) is 0 Å². The van der Waals surface area contributed by atoms with Crippen LogP contribution in [-0.2, 0) is 4.79 Å². The number of hydrogen-bond acceptors (Lipinski definition) is 6. The predicted octanol–water partition coefficient (Wildman–Crippen LogP) is 2.01. The summed E-state index contributed by atoms with van der Waals surface area (Å²) in [7, 11) is 0. The lowest BCUT2D eigenvalue weighted by Gasteiger charge is -2.35. The molecule has 0 spiro atoms. The number of anilines is 1. The molecule has 1 saturated heterocycles. The Balaban J connectivity index is 1.29. The normalized spacial score (nSPS) is 14.1. The Labute approximate surface area is 169 Å². The number of hydrogen-bond donors (Lipinski definition) is 0. The summed E-state index contributed by atoms with van der Waals surface area (Å²) in [4.78, 5) is 20.6. The van der Waals surface area contributed by atoms with Crippen LogP contribution in [-0.4, -0.2) is 63.3 Å². The van der Waals surface area contributed by atoms with Crippen LogP contribution in [0.4, 0.5) is 5.82 Å². The number of aryl methyl sites for hydroxylation is 2. The molecule has 0 atom stereocenters. The number of piperazine rings is 1. The Kier molecular flexibility index (Phi) is 5.41. The van der Waals surface area contributed by atoms with Gasteiger partial charge in [-0.25, -0.2) is 4.98 Å². The first-order valence-corrected chi connectivity index (χ1v) is 9.66. The van der Waals surface area contributed by atoms with Gasteiger partial charge in [-0.2, -0.15) is 0 Å². The van der Waals surface area contributed by atoms with E-state index in [9.17, 15) is 4.79 Å². The monoisotopic (exact) mass is 392 g/mol. The minimum absolute atomic E-state index is 0.00207. The smallest absolute Gasteiger partial charge is 0.260 e. The molecule has 1 aromatic carbocycles. The van der Waals surface area contributed by atoms with Gasteiger partial charge in [-0.3, -0.25) is 9.36 Å². The van der Waals surface area contributed by atoms with Crippen molar-refractivity contribution in [3.63, 3.8) is 0 Å². The van der Waals surface area contributed by atoms with Gasteiger partial charge in [-0.1, -0.05) is 17.7 Å². The molecule has 3 heterocycles. The molecule has 8 heteroatoms. The summed E-state index contributed by atoms with van der Waals surface area (Å²) in [5, 5.41) is 8.66. The highest BCUT2D eigenvalue weighted by molar-refractivity contribution is 5.78. The van der Waals surface area contributed by atoms with E-state index in [1.807, 2.05) is 65.9 Å². The predicted molar refractivity (Wildman–Crippen MR) is 109 cm³/mol. The lowest BCUT2D eigenvalue weighted by Crippen LogP contribution is -2.50. The Morgan fingerprint density at radius 2 is 1.66 bits per heavy atom. The molecule has 0 radical (unpaired) electrons. The fourth-order valence-electron chi connectivity index (χ4n) is 3.29. The van der Waals surface area contributed by atoms with Gasteiger partial charge in [0.2, 0.25) is 0 Å². The maximum atomic E-state index is 12.4. The summed E-state index contributed by atoms with van der Waals surface area (Å²) in [6.07, 6.45) is 3.60. The van der Waals surface area contributed by atoms with Crippen molar-refractivity contribution in [2.24, 2.45) is 0 Å². The fourth-order valence-corrected chi connectivity index (χ4v) is 3.29. The molecule has 1 aliphatic heterocycles. The van der Waals surface area contributed by atoms with Crippen molar-refractivity contribution in [3.8, 4) is 11.6 Å². The van der Waals surface area contributed by atoms with Crippen LogP contribution >= 0.6 is 0 Å². The molecule has 150 valence electrons. The van der Waals surface area contributed by atoms with Crippen molar-refractivity contribution in [1.29, 1.82) is 0 Å². The van der Waals surface area contributed by atoms with Crippen LogP contribution in [0, 0.1) is 13.8 Å². The maximum Gasteiger partial charge on any atom is 0.260 e. The Morgan fingerprint density at radius 1 is 0.966 bits per heavy atom. The van der Waals surface area contributed by atoms with E-state index in [0.29, 0.717) is 31.9 Å². The molecule has 0 N–H and O–H groups in total. The Morgan fingerprint density at radius 3 is 2.28 bits per heavy atom. The zero-order chi connectivity index (χ0) is 20.2. The summed E-state index contributed by atoms with van der Waals surface area (Å²) in [6.45, 7) is 6.71. The highest BCUT2D eigenvalue weighted by atomic mass is 16.5. The molecule has 8 nitrogen and oxygen atoms in total. The van der Waals surface area contributed by atoms with Gasteiger partial charge in [0.15, 0.2) is 18.2 Å². The molecule has 1 amide bonds. The second kappa shape index (κ2) is 8.30. The van der Waals surface area contributed by atoms with Crippen LogP contribution in [0.15, 0.2) is 48.8 Å². The number of carbonyl (C=O) groups is 1. The summed E-state index contributed by atoms with van der Waals surface area (Å²) < 4.78 is 7.50. The van der Waals surface area contributed by atoms with E-state index in [2.05, 4.69) is 20.1 Å². The summed E-state index contributed by atoms with van der Waals surface area (Å²) >= 11 is 0. The third kappa shape index (κ3) is 4.37. The van der Waals surface area contributed by atoms with Crippen LogP contribution in [0.5, 0.6) is 5.75 Å². The highest BCUT2D eigenvalue weighted by Gasteiger charge is 2.22. The minimum Gasteiger partial charge on any atom is -0.484 e. The van der Waals surface area contributed by atoms with Crippen molar-refractivity contribution in [1.82, 2.24) is 24.6 Å². The van der Waals surface area contributed by atoms with Gasteiger partial charge in [-0.05, 0) is 38.1 Å². The van der Waals surface area contributed by atoms with Crippen molar-refractivity contribution < 1.29 is 9.53 Å². The van der Waals surface area contributed by atoms with Gasteiger partial charge in [0.25, 0.3) is 5.91 Å². The number of amides is 1. The molecule has 0 saturated carbocycles. The van der Waals surface area contributed by atoms with Crippen LogP contribution in [0.2, 0.25) is 0 Å². The number of rotatable bonds is 5. The van der Waals surface area contributed by atoms with Crippen LogP contribution in [0.1, 0.15) is 11.4 Å². The molecule has 4 rings (SSSR count). The van der Waals surface area contributed by atoms with Crippen molar-refractivity contribution in [2.75, 3.05) is 37.7 Å². The summed E-state index contributed by atoms with van der Waals surface area (Å²) in [6, 6.07) is 11.6. The van der Waals surface area contributed by atoms with Gasteiger partial charge >= 0.3 is 0 Å². The molecule has 0 aliphatic carbocycles. The number of benzene rings is 1. The van der Waals surface area contributed by atoms with Gasteiger partial charge in [0, 0.05) is 38.6 Å². The minimum atomic E-state index is 0.00207. The van der Waals surface area contributed by atoms with Gasteiger partial charge < -0.3 is 14.5 Å². The Bertz CT molecular complexity index is 960. The van der Waals surface area contributed by atoms with Gasteiger partial charge in [0.05, 0.1) is 0 Å². The van der Waals surface area contributed by atoms with E-state index in [0.717, 1.165) is 23.0 Å². The molecular formula is C21H24N6O2. The topological polar surface area (TPSA) is 76.4 Å². The summed E-state index contributed by atoms with van der Waals surface area (Å²) in [5.41, 5.74) is 1.16. The molecule has 29 heavy (non-hydrogen) atoms. The average molecular weight is 392 g/mol. The SMILES string of the molecule is Cc1ccc(OCC(=O)N2CCN(c3ccc(-n4ccnc4C)nn3)CC2)cc1. The largest absolute Gasteiger partial charge is 0.484 e. The van der Waals surface area contributed by atoms with E-state index in [1.54, 1.807) is 6.20 Å². The second-order valence-electron chi connectivity index (χ2n) is 7.06. The fraction of sp³-hybridized carbons (Fsp3) is 0.333. The van der Waals surface area contributed by atoms with Gasteiger partial charge in [0.1, 0.15) is 11.6 Å². The lowest BCUT2D eigenvalue weighted by molar-refractivity contribution is -0.133. The molecular weight excluding hydrogens is 368 g/mol. The Hall–Kier alpha value is -3.42. The number of nitrogens with zero attached hydrogens (tertiary/aromatic N) is 6. The van der Waals surface area contributed by atoms with Crippen LogP contribution in [0.25, 0.3) is 5.82 Å². The number of aromatic nitrogens is 4.